The number of fused-ring (bicyclic) bond motifs is 1. The van der Waals surface area contributed by atoms with Crippen molar-refractivity contribution in [3.05, 3.63) is 48.8 Å². The molecule has 0 aliphatic rings. The van der Waals surface area contributed by atoms with Gasteiger partial charge >= 0.3 is 0 Å². The van der Waals surface area contributed by atoms with Gasteiger partial charge in [-0.2, -0.15) is 0 Å². The molecule has 3 aromatic rings. The number of carboxylic acids is 1. The van der Waals surface area contributed by atoms with E-state index < -0.39 is 5.97 Å². The molecule has 0 aliphatic carbocycles. The van der Waals surface area contributed by atoms with Gasteiger partial charge in [-0.05, 0) is 54.3 Å². The Morgan fingerprint density at radius 2 is 1.82 bits per heavy atom. The molecule has 0 spiro atoms. The minimum absolute atomic E-state index is 0.692. The molecular formula is C22H29N3O3. The van der Waals surface area contributed by atoms with Gasteiger partial charge in [0.2, 0.25) is 0 Å². The molecule has 150 valence electrons. The molecule has 0 amide bonds. The molecule has 28 heavy (non-hydrogen) atoms. The molecule has 0 bridgehead atoms. The van der Waals surface area contributed by atoms with Crippen molar-refractivity contribution in [3.63, 3.8) is 0 Å². The first-order valence-corrected chi connectivity index (χ1v) is 9.52. The number of nitrogens with zero attached hydrogens (tertiary/aromatic N) is 1. The van der Waals surface area contributed by atoms with E-state index in [1.165, 1.54) is 17.5 Å². The number of rotatable bonds is 8. The van der Waals surface area contributed by atoms with Gasteiger partial charge in [0.15, 0.2) is 0 Å². The van der Waals surface area contributed by atoms with Gasteiger partial charge in [0.25, 0.3) is 5.97 Å². The average molecular weight is 383 g/mol. The van der Waals surface area contributed by atoms with Gasteiger partial charge in [-0.1, -0.05) is 32.0 Å². The van der Waals surface area contributed by atoms with Crippen molar-refractivity contribution in [2.24, 2.45) is 5.92 Å². The number of nitrogens with one attached hydrogen (secondary N) is 2. The molecule has 0 saturated carbocycles. The van der Waals surface area contributed by atoms with Crippen molar-refractivity contribution >= 4 is 17.0 Å². The highest BCUT2D eigenvalue weighted by Crippen LogP contribution is 2.24. The van der Waals surface area contributed by atoms with E-state index in [-0.39, 0.29) is 0 Å². The Morgan fingerprint density at radius 1 is 1.14 bits per heavy atom. The fraction of sp³-hybridized carbons (Fsp3) is 0.364. The highest BCUT2D eigenvalue weighted by atomic mass is 16.5. The Kier molecular flexibility index (Phi) is 8.49. The SMILES string of the molecule is CC(=O)O.CC(C)CCNCCOc1ccc(-c2ccc3nc[nH]c3c2)cc1. The number of carboxylic acid groups (broad SMARTS) is 1. The topological polar surface area (TPSA) is 87.2 Å². The number of aromatic nitrogens is 2. The summed E-state index contributed by atoms with van der Waals surface area (Å²) in [4.78, 5) is 16.4. The third kappa shape index (κ3) is 7.40. The summed E-state index contributed by atoms with van der Waals surface area (Å²) >= 11 is 0. The summed E-state index contributed by atoms with van der Waals surface area (Å²) < 4.78 is 5.78. The second kappa shape index (κ2) is 11.1. The molecule has 0 radical (unpaired) electrons. The third-order valence-electron chi connectivity index (χ3n) is 4.05. The van der Waals surface area contributed by atoms with Crippen LogP contribution in [0.25, 0.3) is 22.2 Å². The van der Waals surface area contributed by atoms with Crippen LogP contribution in [-0.2, 0) is 4.79 Å². The van der Waals surface area contributed by atoms with Crippen LogP contribution in [0, 0.1) is 5.92 Å². The second-order valence-corrected chi connectivity index (χ2v) is 6.96. The summed E-state index contributed by atoms with van der Waals surface area (Å²) in [6, 6.07) is 14.5. The van der Waals surface area contributed by atoms with E-state index in [1.807, 2.05) is 18.2 Å². The Hall–Kier alpha value is -2.86. The minimum Gasteiger partial charge on any atom is -0.492 e. The van der Waals surface area contributed by atoms with E-state index in [4.69, 9.17) is 14.6 Å². The summed E-state index contributed by atoms with van der Waals surface area (Å²) in [5.74, 6) is 0.818. The lowest BCUT2D eigenvalue weighted by Crippen LogP contribution is -2.22. The first kappa shape index (κ1) is 21.4. The predicted molar refractivity (Wildman–Crippen MR) is 113 cm³/mol. The molecule has 6 heteroatoms. The van der Waals surface area contributed by atoms with Crippen molar-refractivity contribution in [1.29, 1.82) is 0 Å². The molecule has 2 aromatic carbocycles. The van der Waals surface area contributed by atoms with Crippen LogP contribution in [0.2, 0.25) is 0 Å². The fourth-order valence-electron chi connectivity index (χ4n) is 2.62. The smallest absolute Gasteiger partial charge is 0.300 e. The van der Waals surface area contributed by atoms with Crippen molar-refractivity contribution in [3.8, 4) is 16.9 Å². The summed E-state index contributed by atoms with van der Waals surface area (Å²) in [6.07, 6.45) is 2.93. The second-order valence-electron chi connectivity index (χ2n) is 6.96. The van der Waals surface area contributed by atoms with E-state index in [0.29, 0.717) is 6.61 Å². The largest absolute Gasteiger partial charge is 0.492 e. The van der Waals surface area contributed by atoms with Gasteiger partial charge in [0.05, 0.1) is 17.4 Å². The van der Waals surface area contributed by atoms with Gasteiger partial charge in [-0.25, -0.2) is 4.98 Å². The van der Waals surface area contributed by atoms with E-state index in [2.05, 4.69) is 53.4 Å². The summed E-state index contributed by atoms with van der Waals surface area (Å²) in [5.41, 5.74) is 4.39. The Morgan fingerprint density at radius 3 is 2.50 bits per heavy atom. The lowest BCUT2D eigenvalue weighted by atomic mass is 10.1. The molecule has 1 aromatic heterocycles. The summed E-state index contributed by atoms with van der Waals surface area (Å²) in [6.45, 7) is 8.19. The zero-order chi connectivity index (χ0) is 20.4. The molecule has 0 unspecified atom stereocenters. The van der Waals surface area contributed by atoms with Crippen LogP contribution in [0.1, 0.15) is 27.2 Å². The van der Waals surface area contributed by atoms with E-state index >= 15 is 0 Å². The van der Waals surface area contributed by atoms with Crippen molar-refractivity contribution in [2.45, 2.75) is 27.2 Å². The number of hydrogen-bond donors (Lipinski definition) is 3. The maximum atomic E-state index is 9.00. The molecule has 3 N–H and O–H groups in total. The van der Waals surface area contributed by atoms with E-state index in [9.17, 15) is 0 Å². The van der Waals surface area contributed by atoms with Crippen LogP contribution in [0.4, 0.5) is 0 Å². The molecule has 0 saturated heterocycles. The molecule has 0 atom stereocenters. The van der Waals surface area contributed by atoms with Gasteiger partial charge in [-0.15, -0.1) is 0 Å². The number of H-pyrrole nitrogens is 1. The number of ether oxygens (including phenoxy) is 1. The Balaban J connectivity index is 0.000000640. The predicted octanol–water partition coefficient (Wildman–Crippen LogP) is 4.34. The van der Waals surface area contributed by atoms with Gasteiger partial charge < -0.3 is 20.1 Å². The highest BCUT2D eigenvalue weighted by molar-refractivity contribution is 5.81. The van der Waals surface area contributed by atoms with Gasteiger partial charge in [-0.3, -0.25) is 4.79 Å². The van der Waals surface area contributed by atoms with Gasteiger partial charge in [0.1, 0.15) is 12.4 Å². The Bertz CT molecular complexity index is 853. The van der Waals surface area contributed by atoms with Gasteiger partial charge in [0, 0.05) is 13.5 Å². The standard InChI is InChI=1S/C20H25N3O.C2H4O2/c1-15(2)9-10-21-11-12-24-18-6-3-16(4-7-18)17-5-8-19-20(13-17)23-14-22-19;1-2(3)4/h3-8,13-15,21H,9-12H2,1-2H3,(H,22,23);1H3,(H,3,4). The lowest BCUT2D eigenvalue weighted by molar-refractivity contribution is -0.134. The van der Waals surface area contributed by atoms with Crippen LogP contribution in [-0.4, -0.2) is 40.7 Å². The van der Waals surface area contributed by atoms with Crippen LogP contribution in [0.3, 0.4) is 0 Å². The summed E-state index contributed by atoms with van der Waals surface area (Å²) in [5, 5.41) is 10.8. The lowest BCUT2D eigenvalue weighted by Gasteiger charge is -2.09. The first-order valence-electron chi connectivity index (χ1n) is 9.52. The van der Waals surface area contributed by atoms with Crippen LogP contribution in [0.5, 0.6) is 5.75 Å². The monoisotopic (exact) mass is 383 g/mol. The first-order chi connectivity index (χ1) is 13.5. The number of hydrogen-bond acceptors (Lipinski definition) is 4. The molecule has 0 fully saturated rings. The zero-order valence-corrected chi connectivity index (χ0v) is 16.7. The number of benzene rings is 2. The number of carbonyl (C=O) groups is 1. The normalized spacial score (nSPS) is 10.6. The van der Waals surface area contributed by atoms with E-state index in [0.717, 1.165) is 42.7 Å². The van der Waals surface area contributed by atoms with Crippen LogP contribution in [0.15, 0.2) is 48.8 Å². The maximum absolute atomic E-state index is 9.00. The quantitative estimate of drug-likeness (QED) is 0.504. The van der Waals surface area contributed by atoms with Crippen LogP contribution >= 0.6 is 0 Å². The number of aromatic amines is 1. The molecule has 3 rings (SSSR count). The van der Waals surface area contributed by atoms with Crippen molar-refractivity contribution in [2.75, 3.05) is 19.7 Å². The number of imidazole rings is 1. The summed E-state index contributed by atoms with van der Waals surface area (Å²) in [7, 11) is 0. The third-order valence-corrected chi connectivity index (χ3v) is 4.05. The van der Waals surface area contributed by atoms with Crippen molar-refractivity contribution in [1.82, 2.24) is 15.3 Å². The highest BCUT2D eigenvalue weighted by Gasteiger charge is 2.02. The zero-order valence-electron chi connectivity index (χ0n) is 16.7. The minimum atomic E-state index is -0.833. The van der Waals surface area contributed by atoms with Crippen molar-refractivity contribution < 1.29 is 14.6 Å². The average Bonchev–Trinajstić information content (AvgIpc) is 3.12. The fourth-order valence-corrected chi connectivity index (χ4v) is 2.62. The molecule has 1 heterocycles. The van der Waals surface area contributed by atoms with Crippen LogP contribution < -0.4 is 10.1 Å². The molecule has 0 aliphatic heterocycles. The molecule has 6 nitrogen and oxygen atoms in total. The number of aliphatic carboxylic acids is 1. The Labute approximate surface area is 166 Å². The maximum Gasteiger partial charge on any atom is 0.300 e. The van der Waals surface area contributed by atoms with E-state index in [1.54, 1.807) is 6.33 Å². The molecular weight excluding hydrogens is 354 g/mol.